The first-order valence-electron chi connectivity index (χ1n) is 5.26. The highest BCUT2D eigenvalue weighted by molar-refractivity contribution is 9.10. The van der Waals surface area contributed by atoms with Gasteiger partial charge in [0.1, 0.15) is 11.4 Å². The van der Waals surface area contributed by atoms with E-state index in [-0.39, 0.29) is 11.7 Å². The summed E-state index contributed by atoms with van der Waals surface area (Å²) in [4.78, 5) is 17.7. The van der Waals surface area contributed by atoms with Crippen molar-refractivity contribution in [2.24, 2.45) is 0 Å². The summed E-state index contributed by atoms with van der Waals surface area (Å²) in [5.74, 6) is -0.0328. The summed E-state index contributed by atoms with van der Waals surface area (Å²) >= 11 is 3.27. The Bertz CT molecular complexity index is 552. The second-order valence-corrected chi connectivity index (χ2v) is 4.66. The number of amides is 1. The van der Waals surface area contributed by atoms with Crippen molar-refractivity contribution in [2.45, 2.75) is 0 Å². The molecule has 2 rings (SSSR count). The number of hydrogen-bond donors (Lipinski definition) is 1. The van der Waals surface area contributed by atoms with E-state index in [4.69, 9.17) is 0 Å². The molecular formula is C13H11BrN2O2. The van der Waals surface area contributed by atoms with E-state index in [1.54, 1.807) is 37.5 Å². The van der Waals surface area contributed by atoms with Gasteiger partial charge in [-0.1, -0.05) is 0 Å². The topological polar surface area (TPSA) is 53.4 Å². The average molecular weight is 307 g/mol. The van der Waals surface area contributed by atoms with Crippen LogP contribution in [0.5, 0.6) is 5.75 Å². The second kappa shape index (κ2) is 5.18. The molecule has 0 bridgehead atoms. The summed E-state index contributed by atoms with van der Waals surface area (Å²) in [6.45, 7) is 0. The molecule has 18 heavy (non-hydrogen) atoms. The summed E-state index contributed by atoms with van der Waals surface area (Å²) in [6, 6.07) is 9.84. The van der Waals surface area contributed by atoms with Crippen molar-refractivity contribution in [1.82, 2.24) is 4.98 Å². The van der Waals surface area contributed by atoms with Gasteiger partial charge < -0.3 is 10.0 Å². The van der Waals surface area contributed by atoms with E-state index in [0.717, 1.165) is 4.47 Å². The van der Waals surface area contributed by atoms with E-state index < -0.39 is 0 Å². The number of nitrogens with zero attached hydrogens (tertiary/aromatic N) is 2. The first-order chi connectivity index (χ1) is 8.58. The highest BCUT2D eigenvalue weighted by Gasteiger charge is 2.14. The van der Waals surface area contributed by atoms with Crippen LogP contribution < -0.4 is 4.90 Å². The first kappa shape index (κ1) is 12.6. The normalized spacial score (nSPS) is 10.1. The minimum atomic E-state index is -0.201. The largest absolute Gasteiger partial charge is 0.508 e. The van der Waals surface area contributed by atoms with E-state index in [1.807, 2.05) is 0 Å². The molecule has 0 atom stereocenters. The number of carbonyl (C=O) groups excluding carboxylic acids is 1. The Hall–Kier alpha value is -1.88. The van der Waals surface area contributed by atoms with E-state index in [1.165, 1.54) is 17.0 Å². The lowest BCUT2D eigenvalue weighted by molar-refractivity contribution is 0.0988. The van der Waals surface area contributed by atoms with E-state index in [9.17, 15) is 9.90 Å². The van der Waals surface area contributed by atoms with Gasteiger partial charge in [0.15, 0.2) is 0 Å². The fraction of sp³-hybridized carbons (Fsp3) is 0.0769. The van der Waals surface area contributed by atoms with Crippen molar-refractivity contribution in [1.29, 1.82) is 0 Å². The third-order valence-electron chi connectivity index (χ3n) is 2.49. The standard InChI is InChI=1S/C13H11BrN2O2/c1-16(10-3-5-11(17)6-4-10)13(18)12-7-2-9(14)8-15-12/h2-8,17H,1H3. The number of benzene rings is 1. The van der Waals surface area contributed by atoms with Gasteiger partial charge in [0.05, 0.1) is 0 Å². The average Bonchev–Trinajstić information content (AvgIpc) is 2.39. The zero-order valence-electron chi connectivity index (χ0n) is 9.67. The maximum absolute atomic E-state index is 12.1. The van der Waals surface area contributed by atoms with Gasteiger partial charge in [-0.15, -0.1) is 0 Å². The molecule has 0 unspecified atom stereocenters. The molecule has 0 saturated carbocycles. The van der Waals surface area contributed by atoms with E-state index >= 15 is 0 Å². The van der Waals surface area contributed by atoms with Gasteiger partial charge in [0, 0.05) is 23.4 Å². The molecule has 0 aliphatic rings. The molecule has 0 aliphatic heterocycles. The fourth-order valence-electron chi connectivity index (χ4n) is 1.47. The third kappa shape index (κ3) is 2.68. The van der Waals surface area contributed by atoms with E-state index in [2.05, 4.69) is 20.9 Å². The minimum absolute atomic E-state index is 0.168. The van der Waals surface area contributed by atoms with Crippen LogP contribution in [0, 0.1) is 0 Å². The molecule has 92 valence electrons. The predicted molar refractivity (Wildman–Crippen MR) is 72.8 cm³/mol. The Morgan fingerprint density at radius 1 is 1.22 bits per heavy atom. The Balaban J connectivity index is 2.23. The Morgan fingerprint density at radius 2 is 1.89 bits per heavy atom. The molecule has 0 spiro atoms. The number of phenols is 1. The molecule has 1 aromatic carbocycles. The van der Waals surface area contributed by atoms with Crippen molar-refractivity contribution < 1.29 is 9.90 Å². The van der Waals surface area contributed by atoms with Gasteiger partial charge in [0.25, 0.3) is 5.91 Å². The van der Waals surface area contributed by atoms with Gasteiger partial charge in [-0.3, -0.25) is 4.79 Å². The zero-order chi connectivity index (χ0) is 13.1. The van der Waals surface area contributed by atoms with Gasteiger partial charge >= 0.3 is 0 Å². The van der Waals surface area contributed by atoms with Crippen molar-refractivity contribution in [2.75, 3.05) is 11.9 Å². The number of aromatic nitrogens is 1. The first-order valence-corrected chi connectivity index (χ1v) is 6.06. The molecule has 0 fully saturated rings. The van der Waals surface area contributed by atoms with E-state index in [0.29, 0.717) is 11.4 Å². The highest BCUT2D eigenvalue weighted by Crippen LogP contribution is 2.19. The maximum Gasteiger partial charge on any atom is 0.276 e. The number of aromatic hydroxyl groups is 1. The lowest BCUT2D eigenvalue weighted by Crippen LogP contribution is -2.26. The molecule has 5 heteroatoms. The molecule has 1 aromatic heterocycles. The van der Waals surface area contributed by atoms with Crippen molar-refractivity contribution >= 4 is 27.5 Å². The monoisotopic (exact) mass is 306 g/mol. The highest BCUT2D eigenvalue weighted by atomic mass is 79.9. The van der Waals surface area contributed by atoms with Gasteiger partial charge in [0.2, 0.25) is 0 Å². The van der Waals surface area contributed by atoms with Crippen LogP contribution in [0.1, 0.15) is 10.5 Å². The van der Waals surface area contributed by atoms with Crippen LogP contribution in [0.25, 0.3) is 0 Å². The van der Waals surface area contributed by atoms with Crippen LogP contribution in [0.15, 0.2) is 47.1 Å². The number of rotatable bonds is 2. The molecule has 2 aromatic rings. The summed E-state index contributed by atoms with van der Waals surface area (Å²) in [6.07, 6.45) is 1.58. The Labute approximate surface area is 113 Å². The zero-order valence-corrected chi connectivity index (χ0v) is 11.3. The van der Waals surface area contributed by atoms with Crippen molar-refractivity contribution in [3.05, 3.63) is 52.8 Å². The quantitative estimate of drug-likeness (QED) is 0.928. The molecule has 0 radical (unpaired) electrons. The molecule has 4 nitrogen and oxygen atoms in total. The van der Waals surface area contributed by atoms with Crippen LogP contribution in [0.2, 0.25) is 0 Å². The van der Waals surface area contributed by atoms with Crippen LogP contribution >= 0.6 is 15.9 Å². The summed E-state index contributed by atoms with van der Waals surface area (Å²) in [7, 11) is 1.67. The number of pyridine rings is 1. The Kier molecular flexibility index (Phi) is 3.62. The number of anilines is 1. The second-order valence-electron chi connectivity index (χ2n) is 3.74. The summed E-state index contributed by atoms with van der Waals surface area (Å²) in [5.41, 5.74) is 1.07. The molecule has 0 saturated heterocycles. The number of carbonyl (C=O) groups is 1. The van der Waals surface area contributed by atoms with Gasteiger partial charge in [-0.2, -0.15) is 0 Å². The molecule has 1 heterocycles. The third-order valence-corrected chi connectivity index (χ3v) is 2.96. The van der Waals surface area contributed by atoms with Crippen LogP contribution in [-0.4, -0.2) is 23.0 Å². The fourth-order valence-corrected chi connectivity index (χ4v) is 1.70. The molecule has 1 N–H and O–H groups in total. The Morgan fingerprint density at radius 3 is 2.44 bits per heavy atom. The number of halogens is 1. The minimum Gasteiger partial charge on any atom is -0.508 e. The van der Waals surface area contributed by atoms with Crippen molar-refractivity contribution in [3.8, 4) is 5.75 Å². The summed E-state index contributed by atoms with van der Waals surface area (Å²) < 4.78 is 0.825. The van der Waals surface area contributed by atoms with Gasteiger partial charge in [-0.25, -0.2) is 4.98 Å². The molecule has 0 aliphatic carbocycles. The lowest BCUT2D eigenvalue weighted by atomic mass is 10.2. The summed E-state index contributed by atoms with van der Waals surface area (Å²) in [5, 5.41) is 9.20. The number of phenolic OH excluding ortho intramolecular Hbond substituents is 1. The van der Waals surface area contributed by atoms with Crippen LogP contribution in [-0.2, 0) is 0 Å². The maximum atomic E-state index is 12.1. The molecular weight excluding hydrogens is 296 g/mol. The predicted octanol–water partition coefficient (Wildman–Crippen LogP) is 2.83. The molecule has 1 amide bonds. The smallest absolute Gasteiger partial charge is 0.276 e. The van der Waals surface area contributed by atoms with Crippen molar-refractivity contribution in [3.63, 3.8) is 0 Å². The SMILES string of the molecule is CN(C(=O)c1ccc(Br)cn1)c1ccc(O)cc1. The van der Waals surface area contributed by atoms with Gasteiger partial charge in [-0.05, 0) is 52.3 Å². The lowest BCUT2D eigenvalue weighted by Gasteiger charge is -2.16. The van der Waals surface area contributed by atoms with Crippen LogP contribution in [0.3, 0.4) is 0 Å². The number of hydrogen-bond acceptors (Lipinski definition) is 3. The van der Waals surface area contributed by atoms with Crippen LogP contribution in [0.4, 0.5) is 5.69 Å².